The van der Waals surface area contributed by atoms with Gasteiger partial charge in [0.15, 0.2) is 0 Å². The van der Waals surface area contributed by atoms with Crippen LogP contribution in [0.1, 0.15) is 10.6 Å². The largest absolute Gasteiger partial charge is 0.347 e. The highest BCUT2D eigenvalue weighted by Crippen LogP contribution is 2.23. The number of hydrogen-bond acceptors (Lipinski definition) is 4. The molecular weight excluding hydrogens is 348 g/mol. The minimum absolute atomic E-state index is 0.149. The van der Waals surface area contributed by atoms with Crippen molar-refractivity contribution in [2.45, 2.75) is 6.54 Å². The Morgan fingerprint density at radius 2 is 2.04 bits per heavy atom. The van der Waals surface area contributed by atoms with Gasteiger partial charge in [0.25, 0.3) is 0 Å². The van der Waals surface area contributed by atoms with Crippen molar-refractivity contribution in [3.05, 3.63) is 68.8 Å². The molecule has 0 spiro atoms. The molecule has 2 heterocycles. The Kier molecular flexibility index (Phi) is 5.23. The molecule has 1 amide bonds. The number of rotatable bonds is 5. The molecule has 0 unspecified atom stereocenters. The van der Waals surface area contributed by atoms with E-state index in [-0.39, 0.29) is 5.91 Å². The van der Waals surface area contributed by atoms with Gasteiger partial charge in [-0.1, -0.05) is 41.9 Å². The zero-order valence-corrected chi connectivity index (χ0v) is 14.4. The number of hydrogen-bond donors (Lipinski definition) is 1. The number of thiophene rings is 1. The Hall–Kier alpha value is -1.95. The molecule has 0 saturated carbocycles. The summed E-state index contributed by atoms with van der Waals surface area (Å²) in [5, 5.41) is 5.75. The van der Waals surface area contributed by atoms with Crippen LogP contribution in [0.5, 0.6) is 0 Å². The van der Waals surface area contributed by atoms with Crippen LogP contribution in [-0.4, -0.2) is 10.9 Å². The number of benzene rings is 1. The molecule has 116 valence electrons. The van der Waals surface area contributed by atoms with E-state index in [1.807, 2.05) is 47.8 Å². The van der Waals surface area contributed by atoms with Crippen molar-refractivity contribution in [3.63, 3.8) is 0 Å². The van der Waals surface area contributed by atoms with Gasteiger partial charge < -0.3 is 5.32 Å². The van der Waals surface area contributed by atoms with Gasteiger partial charge in [-0.25, -0.2) is 4.98 Å². The fraction of sp³-hybridized carbons (Fsp3) is 0.0588. The van der Waals surface area contributed by atoms with Gasteiger partial charge in [-0.2, -0.15) is 0 Å². The van der Waals surface area contributed by atoms with Gasteiger partial charge in [-0.3, -0.25) is 4.79 Å². The molecule has 1 aromatic carbocycles. The van der Waals surface area contributed by atoms with E-state index in [0.717, 1.165) is 21.1 Å². The van der Waals surface area contributed by atoms with Crippen molar-refractivity contribution < 1.29 is 4.79 Å². The molecule has 6 heteroatoms. The smallest absolute Gasteiger partial charge is 0.244 e. The molecule has 3 aromatic rings. The number of carbonyl (C=O) groups excluding carboxylic acids is 1. The van der Waals surface area contributed by atoms with Gasteiger partial charge in [0.1, 0.15) is 5.01 Å². The predicted octanol–water partition coefficient (Wildman–Crippen LogP) is 4.85. The van der Waals surface area contributed by atoms with E-state index in [0.29, 0.717) is 10.9 Å². The molecule has 3 nitrogen and oxygen atoms in total. The number of aromatic nitrogens is 1. The van der Waals surface area contributed by atoms with E-state index >= 15 is 0 Å². The van der Waals surface area contributed by atoms with E-state index < -0.39 is 0 Å². The highest BCUT2D eigenvalue weighted by molar-refractivity contribution is 7.17. The normalized spacial score (nSPS) is 11.0. The summed E-state index contributed by atoms with van der Waals surface area (Å²) in [6.07, 6.45) is 3.26. The summed E-state index contributed by atoms with van der Waals surface area (Å²) >= 11 is 8.85. The number of thiazole rings is 1. The molecule has 0 aliphatic rings. The van der Waals surface area contributed by atoms with Crippen LogP contribution in [-0.2, 0) is 11.3 Å². The van der Waals surface area contributed by atoms with Crippen LogP contribution in [0, 0.1) is 0 Å². The number of carbonyl (C=O) groups is 1. The molecule has 0 fully saturated rings. The topological polar surface area (TPSA) is 42.0 Å². The molecule has 0 aliphatic heterocycles. The lowest BCUT2D eigenvalue weighted by Crippen LogP contribution is -2.20. The van der Waals surface area contributed by atoms with Gasteiger partial charge in [-0.05, 0) is 18.2 Å². The molecule has 0 atom stereocenters. The fourth-order valence-electron chi connectivity index (χ4n) is 1.91. The number of amides is 1. The van der Waals surface area contributed by atoms with Crippen molar-refractivity contribution in [2.24, 2.45) is 0 Å². The van der Waals surface area contributed by atoms with E-state index in [9.17, 15) is 4.79 Å². The van der Waals surface area contributed by atoms with Crippen molar-refractivity contribution in [3.8, 4) is 10.6 Å². The Labute approximate surface area is 147 Å². The molecule has 0 radical (unpaired) electrons. The minimum Gasteiger partial charge on any atom is -0.347 e. The molecule has 0 aliphatic carbocycles. The molecule has 0 saturated heterocycles. The lowest BCUT2D eigenvalue weighted by molar-refractivity contribution is -0.116. The Balaban J connectivity index is 1.55. The molecular formula is C17H13ClN2OS2. The first-order chi connectivity index (χ1) is 11.2. The lowest BCUT2D eigenvalue weighted by atomic mass is 10.2. The minimum atomic E-state index is -0.149. The van der Waals surface area contributed by atoms with Gasteiger partial charge in [-0.15, -0.1) is 22.7 Å². The van der Waals surface area contributed by atoms with Gasteiger partial charge >= 0.3 is 0 Å². The van der Waals surface area contributed by atoms with Crippen LogP contribution in [0.3, 0.4) is 0 Å². The maximum absolute atomic E-state index is 11.8. The average Bonchev–Trinajstić information content (AvgIpc) is 3.21. The second-order valence-corrected chi connectivity index (χ2v) is 7.31. The quantitative estimate of drug-likeness (QED) is 0.660. The maximum atomic E-state index is 11.8. The average molecular weight is 361 g/mol. The zero-order chi connectivity index (χ0) is 16.1. The van der Waals surface area contributed by atoms with Gasteiger partial charge in [0, 0.05) is 21.9 Å². The molecule has 2 aromatic heterocycles. The predicted molar refractivity (Wildman–Crippen MR) is 97.8 cm³/mol. The highest BCUT2D eigenvalue weighted by Gasteiger charge is 2.05. The third kappa shape index (κ3) is 4.51. The summed E-state index contributed by atoms with van der Waals surface area (Å²) in [6, 6.07) is 13.7. The van der Waals surface area contributed by atoms with Crippen molar-refractivity contribution in [1.82, 2.24) is 10.3 Å². The third-order valence-electron chi connectivity index (χ3n) is 3.01. The summed E-state index contributed by atoms with van der Waals surface area (Å²) < 4.78 is 0.709. The van der Waals surface area contributed by atoms with Crippen LogP contribution < -0.4 is 5.32 Å². The molecule has 0 bridgehead atoms. The monoisotopic (exact) mass is 360 g/mol. The maximum Gasteiger partial charge on any atom is 0.244 e. The van der Waals surface area contributed by atoms with Crippen LogP contribution >= 0.6 is 34.3 Å². The number of nitrogens with zero attached hydrogens (tertiary/aromatic N) is 1. The van der Waals surface area contributed by atoms with Crippen molar-refractivity contribution in [2.75, 3.05) is 0 Å². The number of halogens is 1. The molecule has 3 rings (SSSR count). The lowest BCUT2D eigenvalue weighted by Gasteiger charge is -1.98. The first kappa shape index (κ1) is 15.9. The second-order valence-electron chi connectivity index (χ2n) is 4.70. The fourth-order valence-corrected chi connectivity index (χ4v) is 3.70. The van der Waals surface area contributed by atoms with Gasteiger partial charge in [0.05, 0.1) is 16.6 Å². The summed E-state index contributed by atoms with van der Waals surface area (Å²) in [5.74, 6) is -0.149. The van der Waals surface area contributed by atoms with Crippen LogP contribution in [0.2, 0.25) is 4.34 Å². The third-order valence-corrected chi connectivity index (χ3v) is 5.15. The van der Waals surface area contributed by atoms with Crippen LogP contribution in [0.15, 0.2) is 53.9 Å². The standard InChI is InChI=1S/C17H13ClN2OS2/c18-15-8-6-14(23-15)7-9-16(21)19-10-13-11-22-17(20-13)12-4-2-1-3-5-12/h1-9,11H,10H2,(H,19,21)/b9-7+. The van der Waals surface area contributed by atoms with E-state index in [4.69, 9.17) is 11.6 Å². The summed E-state index contributed by atoms with van der Waals surface area (Å²) in [7, 11) is 0. The van der Waals surface area contributed by atoms with E-state index in [2.05, 4.69) is 10.3 Å². The zero-order valence-electron chi connectivity index (χ0n) is 12.0. The number of nitrogens with one attached hydrogen (secondary N) is 1. The Morgan fingerprint density at radius 3 is 2.78 bits per heavy atom. The van der Waals surface area contributed by atoms with Crippen LogP contribution in [0.25, 0.3) is 16.6 Å². The molecule has 1 N–H and O–H groups in total. The van der Waals surface area contributed by atoms with Crippen molar-refractivity contribution in [1.29, 1.82) is 0 Å². The van der Waals surface area contributed by atoms with Crippen LogP contribution in [0.4, 0.5) is 0 Å². The first-order valence-corrected chi connectivity index (χ1v) is 8.99. The van der Waals surface area contributed by atoms with Crippen molar-refractivity contribution >= 4 is 46.3 Å². The highest BCUT2D eigenvalue weighted by atomic mass is 35.5. The summed E-state index contributed by atoms with van der Waals surface area (Å²) in [5.41, 5.74) is 1.94. The summed E-state index contributed by atoms with van der Waals surface area (Å²) in [6.45, 7) is 0.414. The first-order valence-electron chi connectivity index (χ1n) is 6.92. The summed E-state index contributed by atoms with van der Waals surface area (Å²) in [4.78, 5) is 17.3. The SMILES string of the molecule is O=C(/C=C/c1ccc(Cl)s1)NCc1csc(-c2ccccc2)n1. The second kappa shape index (κ2) is 7.55. The van der Waals surface area contributed by atoms with E-state index in [1.165, 1.54) is 17.4 Å². The van der Waals surface area contributed by atoms with Gasteiger partial charge in [0.2, 0.25) is 5.91 Å². The van der Waals surface area contributed by atoms with E-state index in [1.54, 1.807) is 17.4 Å². The molecule has 23 heavy (non-hydrogen) atoms. The Bertz CT molecular complexity index is 824. The Morgan fingerprint density at radius 1 is 1.22 bits per heavy atom.